The molecule has 1 saturated heterocycles. The van der Waals surface area contributed by atoms with Crippen molar-refractivity contribution < 1.29 is 19.1 Å². The number of carboxylic acids is 1. The van der Waals surface area contributed by atoms with E-state index in [2.05, 4.69) is 34.1 Å². The smallest absolute Gasteiger partial charge is 0.323 e. The zero-order chi connectivity index (χ0) is 27.9. The lowest BCUT2D eigenvalue weighted by molar-refractivity contribution is -0.137. The number of nitrogens with zero attached hydrogens (tertiary/aromatic N) is 4. The molecule has 0 spiro atoms. The van der Waals surface area contributed by atoms with Gasteiger partial charge in [-0.2, -0.15) is 0 Å². The van der Waals surface area contributed by atoms with E-state index in [9.17, 15) is 19.1 Å². The molecule has 0 bridgehead atoms. The van der Waals surface area contributed by atoms with E-state index in [0.717, 1.165) is 70.2 Å². The van der Waals surface area contributed by atoms with Gasteiger partial charge in [-0.25, -0.2) is 14.4 Å². The average molecular weight is 545 g/mol. The zero-order valence-electron chi connectivity index (χ0n) is 22.8. The number of rotatable bonds is 9. The van der Waals surface area contributed by atoms with Crippen molar-refractivity contribution in [3.63, 3.8) is 0 Å². The number of anilines is 1. The molecule has 2 fully saturated rings. The Labute approximate surface area is 235 Å². The molecule has 0 unspecified atom stereocenters. The van der Waals surface area contributed by atoms with Crippen molar-refractivity contribution >= 4 is 17.8 Å². The van der Waals surface area contributed by atoms with Crippen molar-refractivity contribution in [1.29, 1.82) is 0 Å². The summed E-state index contributed by atoms with van der Waals surface area (Å²) in [6.07, 6.45) is 9.96. The van der Waals surface area contributed by atoms with E-state index in [1.165, 1.54) is 22.6 Å². The van der Waals surface area contributed by atoms with E-state index >= 15 is 0 Å². The summed E-state index contributed by atoms with van der Waals surface area (Å²) in [5.74, 6) is -0.593. The molecule has 40 heavy (non-hydrogen) atoms. The highest BCUT2D eigenvalue weighted by Gasteiger charge is 2.30. The quantitative estimate of drug-likeness (QED) is 0.364. The maximum atomic E-state index is 13.8. The van der Waals surface area contributed by atoms with Crippen LogP contribution < -0.4 is 4.90 Å². The molecule has 3 aromatic rings. The van der Waals surface area contributed by atoms with Crippen LogP contribution in [0.4, 0.5) is 10.3 Å². The average Bonchev–Trinajstić information content (AvgIpc) is 2.97. The summed E-state index contributed by atoms with van der Waals surface area (Å²) in [6, 6.07) is 16.5. The number of carbonyl (C=O) groups excluding carboxylic acids is 1. The number of aromatic nitrogens is 2. The van der Waals surface area contributed by atoms with Crippen LogP contribution in [0.3, 0.4) is 0 Å². The fourth-order valence-corrected chi connectivity index (χ4v) is 6.06. The van der Waals surface area contributed by atoms with Crippen molar-refractivity contribution in [2.24, 2.45) is 5.92 Å². The summed E-state index contributed by atoms with van der Waals surface area (Å²) < 4.78 is 13.8. The van der Waals surface area contributed by atoms with Gasteiger partial charge < -0.3 is 14.9 Å². The third-order valence-electron chi connectivity index (χ3n) is 8.17. The number of aliphatic carboxylic acids is 1. The first kappa shape index (κ1) is 27.7. The van der Waals surface area contributed by atoms with E-state index in [1.54, 1.807) is 18.3 Å². The molecule has 1 N–H and O–H groups in total. The van der Waals surface area contributed by atoms with Gasteiger partial charge in [0.05, 0.1) is 11.3 Å². The molecule has 5 rings (SSSR count). The third-order valence-corrected chi connectivity index (χ3v) is 8.17. The van der Waals surface area contributed by atoms with Crippen LogP contribution in [0.2, 0.25) is 0 Å². The minimum absolute atomic E-state index is 0.0102. The van der Waals surface area contributed by atoms with Crippen LogP contribution in [0.15, 0.2) is 60.8 Å². The fraction of sp³-hybridized carbons (Fsp3) is 0.438. The zero-order valence-corrected chi connectivity index (χ0v) is 22.8. The minimum Gasteiger partial charge on any atom is -0.480 e. The number of hydrogen-bond acceptors (Lipinski definition) is 5. The summed E-state index contributed by atoms with van der Waals surface area (Å²) in [5, 5.41) is 9.55. The molecule has 8 heteroatoms. The molecule has 2 heterocycles. The van der Waals surface area contributed by atoms with E-state index in [1.807, 2.05) is 6.07 Å². The number of halogens is 1. The lowest BCUT2D eigenvalue weighted by Crippen LogP contribution is -2.38. The lowest BCUT2D eigenvalue weighted by Gasteiger charge is -2.33. The van der Waals surface area contributed by atoms with Crippen LogP contribution in [0.5, 0.6) is 0 Å². The van der Waals surface area contributed by atoms with Crippen molar-refractivity contribution in [3.8, 4) is 0 Å². The van der Waals surface area contributed by atoms with E-state index in [4.69, 9.17) is 4.98 Å². The number of carboxylic acid groups (broad SMARTS) is 1. The molecule has 7 nitrogen and oxygen atoms in total. The second-order valence-electron chi connectivity index (χ2n) is 11.1. The standard InChI is InChI=1S/C32H37FN4O3/c33-27-13-7-10-25(19-27)21-37(22-29(38)39)31(40)28-20-34-32(35-30(28)26-11-5-2-6-12-26)36-16-14-24(15-17-36)18-23-8-3-1-4-9-23/h1,3-4,7-10,13,19-20,24,26H,2,5-6,11-12,14-18,21-22H2,(H,38,39). The van der Waals surface area contributed by atoms with E-state index in [0.29, 0.717) is 23.0 Å². The predicted molar refractivity (Wildman–Crippen MR) is 152 cm³/mol. The van der Waals surface area contributed by atoms with Gasteiger partial charge in [0, 0.05) is 31.7 Å². The van der Waals surface area contributed by atoms with Crippen molar-refractivity contribution in [2.75, 3.05) is 24.5 Å². The summed E-state index contributed by atoms with van der Waals surface area (Å²) in [5.41, 5.74) is 2.97. The molecular weight excluding hydrogens is 507 g/mol. The van der Waals surface area contributed by atoms with Crippen molar-refractivity contribution in [3.05, 3.63) is 89.0 Å². The largest absolute Gasteiger partial charge is 0.480 e. The van der Waals surface area contributed by atoms with E-state index in [-0.39, 0.29) is 12.5 Å². The third kappa shape index (κ3) is 7.03. The van der Waals surface area contributed by atoms with Crippen LogP contribution in [0.25, 0.3) is 0 Å². The van der Waals surface area contributed by atoms with Gasteiger partial charge in [0.2, 0.25) is 5.95 Å². The summed E-state index contributed by atoms with van der Waals surface area (Å²) in [7, 11) is 0. The van der Waals surface area contributed by atoms with Crippen LogP contribution in [-0.4, -0.2) is 51.5 Å². The lowest BCUT2D eigenvalue weighted by atomic mass is 9.85. The molecular formula is C32H37FN4O3. The Morgan fingerprint density at radius 3 is 2.38 bits per heavy atom. The van der Waals surface area contributed by atoms with Gasteiger partial charge in [0.1, 0.15) is 12.4 Å². The molecule has 1 amide bonds. The molecule has 1 aliphatic carbocycles. The van der Waals surface area contributed by atoms with Gasteiger partial charge in [0.25, 0.3) is 5.91 Å². The van der Waals surface area contributed by atoms with Crippen LogP contribution in [-0.2, 0) is 17.8 Å². The van der Waals surface area contributed by atoms with Crippen LogP contribution in [0, 0.1) is 11.7 Å². The van der Waals surface area contributed by atoms with Gasteiger partial charge >= 0.3 is 5.97 Å². The number of amides is 1. The second kappa shape index (κ2) is 13.0. The Bertz CT molecular complexity index is 1300. The van der Waals surface area contributed by atoms with Gasteiger partial charge in [-0.1, -0.05) is 61.7 Å². The predicted octanol–water partition coefficient (Wildman–Crippen LogP) is 5.85. The van der Waals surface area contributed by atoms with Crippen LogP contribution in [0.1, 0.15) is 78.0 Å². The first-order chi connectivity index (χ1) is 19.5. The van der Waals surface area contributed by atoms with Gasteiger partial charge in [-0.15, -0.1) is 0 Å². The molecule has 0 atom stereocenters. The highest BCUT2D eigenvalue weighted by molar-refractivity contribution is 5.96. The molecule has 2 aliphatic rings. The van der Waals surface area contributed by atoms with E-state index < -0.39 is 24.2 Å². The van der Waals surface area contributed by atoms with Gasteiger partial charge in [-0.3, -0.25) is 9.59 Å². The number of piperidine rings is 1. The molecule has 1 aliphatic heterocycles. The van der Waals surface area contributed by atoms with Crippen molar-refractivity contribution in [1.82, 2.24) is 14.9 Å². The Morgan fingerprint density at radius 2 is 1.68 bits per heavy atom. The Kier molecular flexibility index (Phi) is 9.04. The molecule has 2 aromatic carbocycles. The Hall–Kier alpha value is -3.81. The van der Waals surface area contributed by atoms with Crippen LogP contribution >= 0.6 is 0 Å². The van der Waals surface area contributed by atoms with Gasteiger partial charge in [0.15, 0.2) is 0 Å². The van der Waals surface area contributed by atoms with Crippen molar-refractivity contribution in [2.45, 2.75) is 63.8 Å². The second-order valence-corrected chi connectivity index (χ2v) is 11.1. The summed E-state index contributed by atoms with van der Waals surface area (Å²) in [4.78, 5) is 38.6. The molecule has 210 valence electrons. The van der Waals surface area contributed by atoms with Gasteiger partial charge in [-0.05, 0) is 61.3 Å². The SMILES string of the molecule is O=C(O)CN(Cc1cccc(F)c1)C(=O)c1cnc(N2CCC(Cc3ccccc3)CC2)nc1C1CCCCC1. The minimum atomic E-state index is -1.13. The Morgan fingerprint density at radius 1 is 0.950 bits per heavy atom. The summed E-state index contributed by atoms with van der Waals surface area (Å²) in [6.45, 7) is 1.22. The number of carbonyl (C=O) groups is 2. The highest BCUT2D eigenvalue weighted by Crippen LogP contribution is 2.35. The molecule has 1 aromatic heterocycles. The maximum Gasteiger partial charge on any atom is 0.323 e. The maximum absolute atomic E-state index is 13.8. The molecule has 0 radical (unpaired) electrons. The Balaban J connectivity index is 1.37. The summed E-state index contributed by atoms with van der Waals surface area (Å²) >= 11 is 0. The monoisotopic (exact) mass is 544 g/mol. The highest BCUT2D eigenvalue weighted by atomic mass is 19.1. The first-order valence-electron chi connectivity index (χ1n) is 14.4. The topological polar surface area (TPSA) is 86.6 Å². The number of hydrogen-bond donors (Lipinski definition) is 1. The molecule has 1 saturated carbocycles. The fourth-order valence-electron chi connectivity index (χ4n) is 6.06. The normalized spacial score (nSPS) is 16.6. The first-order valence-corrected chi connectivity index (χ1v) is 14.4. The number of benzene rings is 2.